The first-order valence-corrected chi connectivity index (χ1v) is 6.59. The van der Waals surface area contributed by atoms with Crippen LogP contribution in [0, 0.1) is 11.8 Å². The van der Waals surface area contributed by atoms with E-state index in [9.17, 15) is 10.2 Å². The van der Waals surface area contributed by atoms with Crippen molar-refractivity contribution in [2.45, 2.75) is 58.2 Å². The summed E-state index contributed by atoms with van der Waals surface area (Å²) < 4.78 is 0. The van der Waals surface area contributed by atoms with E-state index in [0.717, 1.165) is 18.4 Å². The van der Waals surface area contributed by atoms with E-state index in [1.54, 1.807) is 6.92 Å². The highest BCUT2D eigenvalue weighted by Gasteiger charge is 2.23. The molecule has 0 aromatic rings. The topological polar surface area (TPSA) is 40.5 Å². The zero-order valence-electron chi connectivity index (χ0n) is 11.3. The first-order chi connectivity index (χ1) is 7.82. The quantitative estimate of drug-likeness (QED) is 0.689. The first-order valence-electron chi connectivity index (χ1n) is 6.59. The predicted molar refractivity (Wildman–Crippen MR) is 71.7 cm³/mol. The van der Waals surface area contributed by atoms with Crippen LogP contribution in [0.5, 0.6) is 0 Å². The van der Waals surface area contributed by atoms with E-state index in [0.29, 0.717) is 24.7 Å². The van der Waals surface area contributed by atoms with Crippen LogP contribution in [-0.4, -0.2) is 21.9 Å². The number of hydrogen-bond donors (Lipinski definition) is 2. The Kier molecular flexibility index (Phi) is 4.96. The molecule has 3 atom stereocenters. The maximum absolute atomic E-state index is 10.2. The Bertz CT molecular complexity index is 289. The third kappa shape index (κ3) is 4.64. The molecule has 0 aromatic carbocycles. The second-order valence-electron chi connectivity index (χ2n) is 5.88. The maximum atomic E-state index is 10.2. The van der Waals surface area contributed by atoms with Gasteiger partial charge in [0.05, 0.1) is 11.7 Å². The molecule has 17 heavy (non-hydrogen) atoms. The van der Waals surface area contributed by atoms with Crippen molar-refractivity contribution in [2.24, 2.45) is 11.8 Å². The van der Waals surface area contributed by atoms with Gasteiger partial charge in [-0.3, -0.25) is 0 Å². The van der Waals surface area contributed by atoms with Gasteiger partial charge < -0.3 is 10.2 Å². The summed E-state index contributed by atoms with van der Waals surface area (Å²) >= 11 is 0. The lowest BCUT2D eigenvalue weighted by Crippen LogP contribution is -2.25. The molecule has 0 unspecified atom stereocenters. The van der Waals surface area contributed by atoms with Gasteiger partial charge in [-0.15, -0.1) is 0 Å². The van der Waals surface area contributed by atoms with Crippen LogP contribution in [0.4, 0.5) is 0 Å². The van der Waals surface area contributed by atoms with Crippen molar-refractivity contribution in [3.05, 3.63) is 24.3 Å². The van der Waals surface area contributed by atoms with Crippen molar-refractivity contribution in [2.75, 3.05) is 0 Å². The van der Waals surface area contributed by atoms with Gasteiger partial charge in [-0.25, -0.2) is 0 Å². The highest BCUT2D eigenvalue weighted by molar-refractivity contribution is 5.08. The van der Waals surface area contributed by atoms with Crippen LogP contribution < -0.4 is 0 Å². The maximum Gasteiger partial charge on any atom is 0.0800 e. The molecule has 0 spiro atoms. The average molecular weight is 238 g/mol. The Morgan fingerprint density at radius 2 is 2.06 bits per heavy atom. The monoisotopic (exact) mass is 238 g/mol. The molecular weight excluding hydrogens is 212 g/mol. The van der Waals surface area contributed by atoms with Crippen LogP contribution in [0.15, 0.2) is 24.3 Å². The molecule has 0 heterocycles. The molecule has 98 valence electrons. The van der Waals surface area contributed by atoms with Gasteiger partial charge in [0.25, 0.3) is 0 Å². The summed E-state index contributed by atoms with van der Waals surface area (Å²) in [5.74, 6) is 0.995. The van der Waals surface area contributed by atoms with Crippen molar-refractivity contribution in [3.63, 3.8) is 0 Å². The molecule has 0 aliphatic heterocycles. The fraction of sp³-hybridized carbons (Fsp3) is 0.733. The zero-order chi connectivity index (χ0) is 13.1. The Labute approximate surface area is 105 Å². The third-order valence-electron chi connectivity index (χ3n) is 3.75. The van der Waals surface area contributed by atoms with Crippen molar-refractivity contribution in [1.29, 1.82) is 0 Å². The summed E-state index contributed by atoms with van der Waals surface area (Å²) in [4.78, 5) is 0. The van der Waals surface area contributed by atoms with Gasteiger partial charge in [0, 0.05) is 0 Å². The Balaban J connectivity index is 2.83. The number of aliphatic hydroxyl groups excluding tert-OH is 1. The van der Waals surface area contributed by atoms with Gasteiger partial charge in [-0.2, -0.15) is 0 Å². The van der Waals surface area contributed by atoms with Crippen LogP contribution >= 0.6 is 0 Å². The van der Waals surface area contributed by atoms with Gasteiger partial charge in [-0.05, 0) is 50.0 Å². The van der Waals surface area contributed by atoms with Crippen LogP contribution in [-0.2, 0) is 0 Å². The Morgan fingerprint density at radius 3 is 2.65 bits per heavy atom. The fourth-order valence-electron chi connectivity index (χ4n) is 2.22. The normalized spacial score (nSPS) is 38.1. The summed E-state index contributed by atoms with van der Waals surface area (Å²) in [5, 5.41) is 20.1. The van der Waals surface area contributed by atoms with Gasteiger partial charge in [-0.1, -0.05) is 32.6 Å². The van der Waals surface area contributed by atoms with E-state index in [2.05, 4.69) is 26.5 Å². The Morgan fingerprint density at radius 1 is 1.41 bits per heavy atom. The van der Waals surface area contributed by atoms with E-state index in [-0.39, 0.29) is 0 Å². The largest absolute Gasteiger partial charge is 0.389 e. The average Bonchev–Trinajstić information content (AvgIpc) is 2.24. The van der Waals surface area contributed by atoms with Crippen molar-refractivity contribution in [1.82, 2.24) is 0 Å². The summed E-state index contributed by atoms with van der Waals surface area (Å²) in [6.45, 7) is 10.1. The molecule has 0 aromatic heterocycles. The molecule has 0 saturated carbocycles. The van der Waals surface area contributed by atoms with Gasteiger partial charge >= 0.3 is 0 Å². The molecule has 0 bridgehead atoms. The molecule has 0 fully saturated rings. The lowest BCUT2D eigenvalue weighted by atomic mass is 9.84. The number of rotatable bonds is 1. The van der Waals surface area contributed by atoms with Crippen molar-refractivity contribution < 1.29 is 10.2 Å². The summed E-state index contributed by atoms with van der Waals surface area (Å²) in [6, 6.07) is 0. The minimum atomic E-state index is -0.814. The second kappa shape index (κ2) is 5.83. The molecule has 2 N–H and O–H groups in total. The van der Waals surface area contributed by atoms with E-state index in [4.69, 9.17) is 0 Å². The minimum Gasteiger partial charge on any atom is -0.389 e. The molecule has 1 aliphatic carbocycles. The third-order valence-corrected chi connectivity index (χ3v) is 3.75. The molecule has 0 amide bonds. The van der Waals surface area contributed by atoms with Crippen molar-refractivity contribution >= 4 is 0 Å². The molecular formula is C15H26O2. The smallest absolute Gasteiger partial charge is 0.0800 e. The molecule has 1 aliphatic rings. The molecule has 1 rings (SSSR count). The molecule has 2 nitrogen and oxygen atoms in total. The summed E-state index contributed by atoms with van der Waals surface area (Å²) in [7, 11) is 0. The first kappa shape index (κ1) is 14.5. The van der Waals surface area contributed by atoms with Crippen LogP contribution in [0.3, 0.4) is 0 Å². The van der Waals surface area contributed by atoms with Crippen LogP contribution in [0.2, 0.25) is 0 Å². The molecule has 2 heteroatoms. The van der Waals surface area contributed by atoms with Crippen LogP contribution in [0.1, 0.15) is 46.5 Å². The number of hydrogen-bond acceptors (Lipinski definition) is 2. The van der Waals surface area contributed by atoms with Crippen LogP contribution in [0.25, 0.3) is 0 Å². The van der Waals surface area contributed by atoms with Gasteiger partial charge in [0.15, 0.2) is 0 Å². The van der Waals surface area contributed by atoms with Gasteiger partial charge in [0.1, 0.15) is 0 Å². The standard InChI is InChI=1S/C15H26O2/c1-11(2)13-6-5-12(3)14(16)8-10-15(4,17)9-7-13/h7,9,11,13-14,16-17H,3,5-6,8,10H2,1-2,4H3/b9-7+/t13-,14+,15-/m1/s1. The minimum absolute atomic E-state index is 0.448. The highest BCUT2D eigenvalue weighted by Crippen LogP contribution is 2.27. The second-order valence-corrected chi connectivity index (χ2v) is 5.88. The fourth-order valence-corrected chi connectivity index (χ4v) is 2.22. The lowest BCUT2D eigenvalue weighted by molar-refractivity contribution is 0.0781. The van der Waals surface area contributed by atoms with E-state index in [1.807, 2.05) is 6.08 Å². The molecule has 0 saturated heterocycles. The summed E-state index contributed by atoms with van der Waals surface area (Å²) in [6.07, 6.45) is 6.60. The number of aliphatic hydroxyl groups is 2. The van der Waals surface area contributed by atoms with Gasteiger partial charge in [0.2, 0.25) is 0 Å². The van der Waals surface area contributed by atoms with Crippen molar-refractivity contribution in [3.8, 4) is 0 Å². The lowest BCUT2D eigenvalue weighted by Gasteiger charge is -2.26. The predicted octanol–water partition coefficient (Wildman–Crippen LogP) is 3.06. The molecule has 0 radical (unpaired) electrons. The summed E-state index contributed by atoms with van der Waals surface area (Å²) in [5.41, 5.74) is 0.0906. The van der Waals surface area contributed by atoms with E-state index in [1.165, 1.54) is 0 Å². The highest BCUT2D eigenvalue weighted by atomic mass is 16.3. The van der Waals surface area contributed by atoms with E-state index >= 15 is 0 Å². The Hall–Kier alpha value is -0.600. The zero-order valence-corrected chi connectivity index (χ0v) is 11.3. The number of allylic oxidation sites excluding steroid dienone is 1. The SMILES string of the molecule is C=C1CC[C@@H](C(C)C)/C=C/[C@@](C)(O)CC[C@@H]1O. The van der Waals surface area contributed by atoms with E-state index < -0.39 is 11.7 Å².